The number of nitrogens with zero attached hydrogens (tertiary/aromatic N) is 1. The average molecular weight is 191 g/mol. The number of aliphatic hydroxyl groups excluding tert-OH is 1. The van der Waals surface area contributed by atoms with Gasteiger partial charge in [-0.3, -0.25) is 0 Å². The topological polar surface area (TPSA) is 74.9 Å². The Balaban J connectivity index is 2.43. The summed E-state index contributed by atoms with van der Waals surface area (Å²) in [7, 11) is 0. The zero-order valence-corrected chi connectivity index (χ0v) is 7.94. The number of hydrogen-bond acceptors (Lipinski definition) is 3. The van der Waals surface area contributed by atoms with Crippen molar-refractivity contribution in [2.75, 3.05) is 0 Å². The molecule has 0 bridgehead atoms. The van der Waals surface area contributed by atoms with E-state index < -0.39 is 12.1 Å². The monoisotopic (exact) mass is 191 g/mol. The van der Waals surface area contributed by atoms with Gasteiger partial charge in [-0.25, -0.2) is 4.98 Å². The number of nitrogens with one attached hydrogen (secondary N) is 1. The van der Waals surface area contributed by atoms with Gasteiger partial charge in [0.1, 0.15) is 0 Å². The molecule has 0 spiro atoms. The molecule has 0 aromatic carbocycles. The molecule has 14 heavy (non-hydrogen) atoms. The van der Waals surface area contributed by atoms with Gasteiger partial charge in [-0.05, 0) is 25.1 Å². The van der Waals surface area contributed by atoms with Crippen LogP contribution in [0, 0.1) is 0 Å². The first-order chi connectivity index (χ1) is 6.68. The van der Waals surface area contributed by atoms with Gasteiger partial charge in [0.05, 0.1) is 28.9 Å². The minimum atomic E-state index is -0.584. The Morgan fingerprint density at radius 1 is 1.43 bits per heavy atom. The number of fused-ring (bicyclic) bond motifs is 1. The van der Waals surface area contributed by atoms with Crippen LogP contribution in [0.4, 0.5) is 0 Å². The van der Waals surface area contributed by atoms with E-state index in [0.717, 1.165) is 11.0 Å². The maximum Gasteiger partial charge on any atom is 0.0882 e. The van der Waals surface area contributed by atoms with Gasteiger partial charge in [0.2, 0.25) is 0 Å². The molecule has 0 unspecified atom stereocenters. The summed E-state index contributed by atoms with van der Waals surface area (Å²) in [6.07, 6.45) is 1.24. The van der Waals surface area contributed by atoms with Crippen LogP contribution in [0.3, 0.4) is 0 Å². The summed E-state index contributed by atoms with van der Waals surface area (Å²) in [6.45, 7) is 1.66. The third-order valence-corrected chi connectivity index (χ3v) is 2.29. The van der Waals surface area contributed by atoms with Crippen LogP contribution in [0.2, 0.25) is 0 Å². The van der Waals surface area contributed by atoms with Gasteiger partial charge in [0.15, 0.2) is 0 Å². The van der Waals surface area contributed by atoms with Crippen molar-refractivity contribution in [1.29, 1.82) is 0 Å². The smallest absolute Gasteiger partial charge is 0.0882 e. The summed E-state index contributed by atoms with van der Waals surface area (Å²) >= 11 is 0. The number of H-pyrrole nitrogens is 1. The predicted octanol–water partition coefficient (Wildman–Crippen LogP) is 0.944. The number of hydrogen-bond donors (Lipinski definition) is 3. The van der Waals surface area contributed by atoms with E-state index in [1.54, 1.807) is 6.92 Å². The Morgan fingerprint density at radius 3 is 2.93 bits per heavy atom. The van der Waals surface area contributed by atoms with E-state index in [9.17, 15) is 5.11 Å². The summed E-state index contributed by atoms with van der Waals surface area (Å²) in [5.41, 5.74) is 8.34. The van der Waals surface area contributed by atoms with Crippen LogP contribution >= 0.6 is 0 Å². The van der Waals surface area contributed by atoms with Crippen molar-refractivity contribution in [2.24, 2.45) is 5.73 Å². The SMILES string of the molecule is C[C@H](O)[C@@H](N)c1ccc2[nH]ccc2n1. The zero-order chi connectivity index (χ0) is 10.1. The lowest BCUT2D eigenvalue weighted by atomic mass is 10.1. The molecule has 2 atom stereocenters. The second-order valence-corrected chi connectivity index (χ2v) is 3.41. The van der Waals surface area contributed by atoms with Gasteiger partial charge in [-0.1, -0.05) is 0 Å². The van der Waals surface area contributed by atoms with Crippen molar-refractivity contribution in [3.05, 3.63) is 30.1 Å². The van der Waals surface area contributed by atoms with E-state index in [2.05, 4.69) is 9.97 Å². The lowest BCUT2D eigenvalue weighted by Gasteiger charge is -2.13. The van der Waals surface area contributed by atoms with Crippen LogP contribution in [0.25, 0.3) is 11.0 Å². The summed E-state index contributed by atoms with van der Waals surface area (Å²) in [5.74, 6) is 0. The molecule has 2 rings (SSSR count). The fraction of sp³-hybridized carbons (Fsp3) is 0.300. The molecule has 0 aliphatic carbocycles. The molecule has 0 aliphatic heterocycles. The third kappa shape index (κ3) is 1.49. The molecular weight excluding hydrogens is 178 g/mol. The van der Waals surface area contributed by atoms with Crippen LogP contribution in [0.1, 0.15) is 18.7 Å². The second kappa shape index (κ2) is 3.40. The van der Waals surface area contributed by atoms with Gasteiger partial charge in [0.25, 0.3) is 0 Å². The van der Waals surface area contributed by atoms with Crippen molar-refractivity contribution in [2.45, 2.75) is 19.1 Å². The Morgan fingerprint density at radius 2 is 2.21 bits per heavy atom. The molecule has 0 saturated heterocycles. The highest BCUT2D eigenvalue weighted by atomic mass is 16.3. The lowest BCUT2D eigenvalue weighted by Crippen LogP contribution is -2.24. The minimum Gasteiger partial charge on any atom is -0.391 e. The Bertz CT molecular complexity index is 436. The molecule has 2 heterocycles. The van der Waals surface area contributed by atoms with Crippen LogP contribution in [-0.2, 0) is 0 Å². The number of aromatic nitrogens is 2. The highest BCUT2D eigenvalue weighted by molar-refractivity contribution is 5.74. The van der Waals surface area contributed by atoms with Gasteiger partial charge in [-0.2, -0.15) is 0 Å². The fourth-order valence-corrected chi connectivity index (χ4v) is 1.38. The van der Waals surface area contributed by atoms with Crippen LogP contribution in [-0.4, -0.2) is 21.2 Å². The molecular formula is C10H13N3O. The zero-order valence-electron chi connectivity index (χ0n) is 7.94. The highest BCUT2D eigenvalue weighted by Crippen LogP contribution is 2.16. The standard InChI is InChI=1S/C10H13N3O/c1-6(14)10(11)9-3-2-7-8(13-9)4-5-12-7/h2-6,10,12,14H,11H2,1H3/t6-,10+/m0/s1. The first kappa shape index (κ1) is 9.18. The predicted molar refractivity (Wildman–Crippen MR) is 54.7 cm³/mol. The average Bonchev–Trinajstić information content (AvgIpc) is 2.62. The largest absolute Gasteiger partial charge is 0.391 e. The van der Waals surface area contributed by atoms with Gasteiger partial charge in [0, 0.05) is 6.20 Å². The van der Waals surface area contributed by atoms with Crippen molar-refractivity contribution < 1.29 is 5.11 Å². The first-order valence-electron chi connectivity index (χ1n) is 4.56. The number of pyridine rings is 1. The number of aromatic amines is 1. The highest BCUT2D eigenvalue weighted by Gasteiger charge is 2.13. The van der Waals surface area contributed by atoms with Gasteiger partial charge >= 0.3 is 0 Å². The van der Waals surface area contributed by atoms with Gasteiger partial charge in [-0.15, -0.1) is 0 Å². The van der Waals surface area contributed by atoms with Gasteiger partial charge < -0.3 is 15.8 Å². The molecule has 2 aromatic heterocycles. The Kier molecular flexibility index (Phi) is 2.23. The molecule has 74 valence electrons. The third-order valence-electron chi connectivity index (χ3n) is 2.29. The molecule has 0 amide bonds. The quantitative estimate of drug-likeness (QED) is 0.661. The fourth-order valence-electron chi connectivity index (χ4n) is 1.38. The molecule has 2 aromatic rings. The molecule has 0 radical (unpaired) electrons. The van der Waals surface area contributed by atoms with E-state index >= 15 is 0 Å². The molecule has 4 N–H and O–H groups in total. The minimum absolute atomic E-state index is 0.422. The normalized spacial score (nSPS) is 15.6. The second-order valence-electron chi connectivity index (χ2n) is 3.41. The molecule has 4 heteroatoms. The summed E-state index contributed by atoms with van der Waals surface area (Å²) in [5, 5.41) is 9.32. The van der Waals surface area contributed by atoms with Crippen LogP contribution in [0.5, 0.6) is 0 Å². The van der Waals surface area contributed by atoms with E-state index in [1.165, 1.54) is 0 Å². The maximum absolute atomic E-state index is 9.32. The summed E-state index contributed by atoms with van der Waals surface area (Å²) in [6, 6.07) is 5.21. The number of rotatable bonds is 2. The van der Waals surface area contributed by atoms with E-state index in [0.29, 0.717) is 5.69 Å². The van der Waals surface area contributed by atoms with Crippen molar-refractivity contribution in [3.8, 4) is 0 Å². The Labute approximate surface area is 81.8 Å². The Hall–Kier alpha value is -1.39. The van der Waals surface area contributed by atoms with Crippen LogP contribution in [0.15, 0.2) is 24.4 Å². The number of aliphatic hydroxyl groups is 1. The molecule has 0 fully saturated rings. The lowest BCUT2D eigenvalue weighted by molar-refractivity contribution is 0.162. The molecule has 4 nitrogen and oxygen atoms in total. The maximum atomic E-state index is 9.32. The van der Waals surface area contributed by atoms with Crippen molar-refractivity contribution in [3.63, 3.8) is 0 Å². The van der Waals surface area contributed by atoms with Crippen LogP contribution < -0.4 is 5.73 Å². The van der Waals surface area contributed by atoms with E-state index in [-0.39, 0.29) is 0 Å². The van der Waals surface area contributed by atoms with Crippen molar-refractivity contribution >= 4 is 11.0 Å². The van der Waals surface area contributed by atoms with E-state index in [1.807, 2.05) is 24.4 Å². The van der Waals surface area contributed by atoms with E-state index in [4.69, 9.17) is 5.73 Å². The molecule has 0 saturated carbocycles. The first-order valence-corrected chi connectivity index (χ1v) is 4.56. The number of nitrogens with two attached hydrogens (primary N) is 1. The summed E-state index contributed by atoms with van der Waals surface area (Å²) < 4.78 is 0. The summed E-state index contributed by atoms with van der Waals surface area (Å²) in [4.78, 5) is 7.39. The van der Waals surface area contributed by atoms with Crippen molar-refractivity contribution in [1.82, 2.24) is 9.97 Å². The molecule has 0 aliphatic rings.